The third-order valence-corrected chi connectivity index (χ3v) is 5.11. The SMILES string of the molecule is CNC(=O)C(C)CN(C)S(=O)(=O)c1ccc(Br)cc1. The molecule has 0 bridgehead atoms. The number of amides is 1. The molecule has 0 aliphatic rings. The molecule has 1 unspecified atom stereocenters. The zero-order valence-electron chi connectivity index (χ0n) is 11.1. The topological polar surface area (TPSA) is 66.5 Å². The van der Waals surface area contributed by atoms with E-state index in [0.717, 1.165) is 4.47 Å². The monoisotopic (exact) mass is 348 g/mol. The minimum atomic E-state index is -3.56. The number of halogens is 1. The highest BCUT2D eigenvalue weighted by Gasteiger charge is 2.24. The van der Waals surface area contributed by atoms with Crippen molar-refractivity contribution in [1.29, 1.82) is 0 Å². The van der Waals surface area contributed by atoms with Crippen molar-refractivity contribution in [2.45, 2.75) is 11.8 Å². The zero-order chi connectivity index (χ0) is 14.6. The Bertz CT molecular complexity index is 543. The number of carbonyl (C=O) groups is 1. The van der Waals surface area contributed by atoms with Crippen LogP contribution in [-0.2, 0) is 14.8 Å². The summed E-state index contributed by atoms with van der Waals surface area (Å²) in [5.74, 6) is -0.585. The molecule has 19 heavy (non-hydrogen) atoms. The van der Waals surface area contributed by atoms with E-state index in [0.29, 0.717) is 0 Å². The van der Waals surface area contributed by atoms with E-state index in [9.17, 15) is 13.2 Å². The normalized spacial score (nSPS) is 13.3. The van der Waals surface area contributed by atoms with Crippen LogP contribution in [0.1, 0.15) is 6.92 Å². The second-order valence-corrected chi connectivity index (χ2v) is 7.22. The lowest BCUT2D eigenvalue weighted by Gasteiger charge is -2.20. The van der Waals surface area contributed by atoms with Crippen molar-refractivity contribution in [3.05, 3.63) is 28.7 Å². The molecule has 0 spiro atoms. The Kier molecular flexibility index (Phi) is 5.51. The Morgan fingerprint density at radius 1 is 1.37 bits per heavy atom. The number of sulfonamides is 1. The van der Waals surface area contributed by atoms with Gasteiger partial charge in [0.1, 0.15) is 0 Å². The van der Waals surface area contributed by atoms with Gasteiger partial charge in [-0.25, -0.2) is 12.7 Å². The van der Waals surface area contributed by atoms with Crippen molar-refractivity contribution in [2.24, 2.45) is 5.92 Å². The summed E-state index contributed by atoms with van der Waals surface area (Å²) in [6, 6.07) is 6.40. The Hall–Kier alpha value is -0.920. The summed E-state index contributed by atoms with van der Waals surface area (Å²) in [5, 5.41) is 2.50. The highest BCUT2D eigenvalue weighted by atomic mass is 79.9. The summed E-state index contributed by atoms with van der Waals surface area (Å²) in [4.78, 5) is 11.6. The lowest BCUT2D eigenvalue weighted by molar-refractivity contribution is -0.124. The predicted molar refractivity (Wildman–Crippen MR) is 77.2 cm³/mol. The van der Waals surface area contributed by atoms with E-state index < -0.39 is 15.9 Å². The number of hydrogen-bond donors (Lipinski definition) is 1. The van der Waals surface area contributed by atoms with Gasteiger partial charge in [-0.1, -0.05) is 22.9 Å². The molecule has 0 aromatic heterocycles. The Labute approximate surface area is 122 Å². The van der Waals surface area contributed by atoms with E-state index in [2.05, 4.69) is 21.2 Å². The summed E-state index contributed by atoms with van der Waals surface area (Å²) >= 11 is 3.26. The minimum absolute atomic E-state index is 0.137. The summed E-state index contributed by atoms with van der Waals surface area (Å²) in [6.45, 7) is 1.82. The fraction of sp³-hybridized carbons (Fsp3) is 0.417. The average molecular weight is 349 g/mol. The van der Waals surface area contributed by atoms with Crippen LogP contribution in [0.5, 0.6) is 0 Å². The predicted octanol–water partition coefficient (Wildman–Crippen LogP) is 1.45. The van der Waals surface area contributed by atoms with Crippen LogP contribution in [0.4, 0.5) is 0 Å². The molecule has 1 amide bonds. The molecule has 0 aliphatic heterocycles. The van der Waals surface area contributed by atoms with Crippen molar-refractivity contribution >= 4 is 31.9 Å². The first-order chi connectivity index (χ1) is 8.78. The first-order valence-electron chi connectivity index (χ1n) is 5.72. The quantitative estimate of drug-likeness (QED) is 0.875. The second kappa shape index (κ2) is 6.49. The van der Waals surface area contributed by atoms with Crippen LogP contribution in [0.3, 0.4) is 0 Å². The van der Waals surface area contributed by atoms with E-state index in [1.165, 1.54) is 30.5 Å². The van der Waals surface area contributed by atoms with Gasteiger partial charge in [-0.3, -0.25) is 4.79 Å². The molecular weight excluding hydrogens is 332 g/mol. The molecule has 0 aliphatic carbocycles. The van der Waals surface area contributed by atoms with Crippen molar-refractivity contribution in [2.75, 3.05) is 20.6 Å². The molecule has 7 heteroatoms. The molecule has 1 aromatic rings. The van der Waals surface area contributed by atoms with Gasteiger partial charge in [-0.2, -0.15) is 0 Å². The standard InChI is InChI=1S/C12H17BrN2O3S/c1-9(12(16)14-2)8-15(3)19(17,18)11-6-4-10(13)5-7-11/h4-7,9H,8H2,1-3H3,(H,14,16). The Morgan fingerprint density at radius 3 is 2.37 bits per heavy atom. The summed E-state index contributed by atoms with van der Waals surface area (Å²) in [6.07, 6.45) is 0. The number of carbonyl (C=O) groups excluding carboxylic acids is 1. The fourth-order valence-electron chi connectivity index (χ4n) is 1.60. The summed E-state index contributed by atoms with van der Waals surface area (Å²) < 4.78 is 26.5. The van der Waals surface area contributed by atoms with Crippen LogP contribution in [0.2, 0.25) is 0 Å². The van der Waals surface area contributed by atoms with Crippen molar-refractivity contribution < 1.29 is 13.2 Å². The maximum atomic E-state index is 12.3. The van der Waals surface area contributed by atoms with Gasteiger partial charge in [0.05, 0.1) is 4.90 Å². The molecule has 1 aromatic carbocycles. The van der Waals surface area contributed by atoms with Gasteiger partial charge >= 0.3 is 0 Å². The molecule has 0 saturated heterocycles. The molecule has 0 radical (unpaired) electrons. The number of rotatable bonds is 5. The molecule has 0 heterocycles. The molecule has 1 rings (SSSR count). The first-order valence-corrected chi connectivity index (χ1v) is 7.96. The lowest BCUT2D eigenvalue weighted by atomic mass is 10.2. The molecule has 0 saturated carbocycles. The van der Waals surface area contributed by atoms with Gasteiger partial charge in [0, 0.05) is 31.0 Å². The van der Waals surface area contributed by atoms with Gasteiger partial charge in [0.15, 0.2) is 0 Å². The van der Waals surface area contributed by atoms with Crippen LogP contribution in [0.25, 0.3) is 0 Å². The van der Waals surface area contributed by atoms with Gasteiger partial charge in [-0.05, 0) is 24.3 Å². The maximum Gasteiger partial charge on any atom is 0.242 e. The molecule has 5 nitrogen and oxygen atoms in total. The van der Waals surface area contributed by atoms with Gasteiger partial charge in [0.2, 0.25) is 15.9 Å². The largest absolute Gasteiger partial charge is 0.359 e. The third kappa shape index (κ3) is 4.02. The van der Waals surface area contributed by atoms with Crippen molar-refractivity contribution in [3.63, 3.8) is 0 Å². The van der Waals surface area contributed by atoms with Crippen LogP contribution >= 0.6 is 15.9 Å². The highest BCUT2D eigenvalue weighted by Crippen LogP contribution is 2.18. The van der Waals surface area contributed by atoms with Crippen molar-refractivity contribution in [1.82, 2.24) is 9.62 Å². The average Bonchev–Trinajstić information content (AvgIpc) is 2.38. The van der Waals surface area contributed by atoms with Crippen LogP contribution < -0.4 is 5.32 Å². The van der Waals surface area contributed by atoms with Gasteiger partial charge < -0.3 is 5.32 Å². The van der Waals surface area contributed by atoms with Crippen molar-refractivity contribution in [3.8, 4) is 0 Å². The third-order valence-electron chi connectivity index (χ3n) is 2.75. The van der Waals surface area contributed by atoms with E-state index in [1.54, 1.807) is 19.1 Å². The van der Waals surface area contributed by atoms with E-state index >= 15 is 0 Å². The van der Waals surface area contributed by atoms with E-state index in [1.807, 2.05) is 0 Å². The summed E-state index contributed by atoms with van der Waals surface area (Å²) in [5.41, 5.74) is 0. The zero-order valence-corrected chi connectivity index (χ0v) is 13.5. The number of benzene rings is 1. The van der Waals surface area contributed by atoms with Crippen LogP contribution in [0.15, 0.2) is 33.6 Å². The number of nitrogens with zero attached hydrogens (tertiary/aromatic N) is 1. The first kappa shape index (κ1) is 16.1. The molecule has 106 valence electrons. The minimum Gasteiger partial charge on any atom is -0.359 e. The molecule has 1 atom stereocenters. The highest BCUT2D eigenvalue weighted by molar-refractivity contribution is 9.10. The smallest absolute Gasteiger partial charge is 0.242 e. The van der Waals surface area contributed by atoms with E-state index in [-0.39, 0.29) is 17.3 Å². The molecule has 1 N–H and O–H groups in total. The number of hydrogen-bond acceptors (Lipinski definition) is 3. The second-order valence-electron chi connectivity index (χ2n) is 4.25. The van der Waals surface area contributed by atoms with Crippen LogP contribution in [0, 0.1) is 5.92 Å². The van der Waals surface area contributed by atoms with E-state index in [4.69, 9.17) is 0 Å². The molecule has 0 fully saturated rings. The van der Waals surface area contributed by atoms with Gasteiger partial charge in [0.25, 0.3) is 0 Å². The fourth-order valence-corrected chi connectivity index (χ4v) is 3.12. The maximum absolute atomic E-state index is 12.3. The van der Waals surface area contributed by atoms with Crippen LogP contribution in [-0.4, -0.2) is 39.3 Å². The lowest BCUT2D eigenvalue weighted by Crippen LogP contribution is -2.37. The summed E-state index contributed by atoms with van der Waals surface area (Å²) in [7, 11) is -0.561. The van der Waals surface area contributed by atoms with Gasteiger partial charge in [-0.15, -0.1) is 0 Å². The Morgan fingerprint density at radius 2 is 1.89 bits per heavy atom. The Balaban J connectivity index is 2.88. The number of nitrogens with one attached hydrogen (secondary N) is 1. The molecular formula is C12H17BrN2O3S.